The van der Waals surface area contributed by atoms with Crippen LogP contribution in [0.4, 0.5) is 0 Å². The van der Waals surface area contributed by atoms with E-state index in [0.717, 1.165) is 93.2 Å². The molecule has 10 aromatic carbocycles. The summed E-state index contributed by atoms with van der Waals surface area (Å²) in [6, 6.07) is 71.2. The third-order valence-electron chi connectivity index (χ3n) is 12.4. The van der Waals surface area contributed by atoms with E-state index in [1.165, 1.54) is 0 Å². The SMILES string of the molecule is c1ccc(-c2nc(-c3ccccc3)nc(-c3ccc(-c4ccc(-c5cc6oc(-c7c8ccccc8cc8ccccc78)nc6c6oc7ccccc7c56)c5ccccc45)cc3)n2)cc1. The van der Waals surface area contributed by atoms with Crippen molar-refractivity contribution >= 4 is 65.4 Å². The number of aromatic nitrogens is 4. The van der Waals surface area contributed by atoms with Crippen LogP contribution in [-0.2, 0) is 0 Å². The summed E-state index contributed by atoms with van der Waals surface area (Å²) < 4.78 is 13.6. The number of hydrogen-bond donors (Lipinski definition) is 0. The molecule has 0 saturated heterocycles. The van der Waals surface area contributed by atoms with Gasteiger partial charge in [-0.05, 0) is 72.8 Å². The van der Waals surface area contributed by atoms with Gasteiger partial charge in [0, 0.05) is 27.5 Å². The maximum atomic E-state index is 6.87. The molecule has 0 atom stereocenters. The Morgan fingerprint density at radius 1 is 0.312 bits per heavy atom. The highest BCUT2D eigenvalue weighted by Gasteiger charge is 2.24. The summed E-state index contributed by atoms with van der Waals surface area (Å²) in [4.78, 5) is 20.1. The molecule has 0 fully saturated rings. The van der Waals surface area contributed by atoms with E-state index in [1.807, 2.05) is 72.8 Å². The first-order valence-corrected chi connectivity index (χ1v) is 21.4. The first kappa shape index (κ1) is 36.0. The average molecular weight is 819 g/mol. The fourth-order valence-corrected chi connectivity index (χ4v) is 9.36. The van der Waals surface area contributed by atoms with Crippen molar-refractivity contribution in [2.24, 2.45) is 0 Å². The van der Waals surface area contributed by atoms with Gasteiger partial charge in [-0.15, -0.1) is 0 Å². The van der Waals surface area contributed by atoms with Crippen molar-refractivity contribution in [1.29, 1.82) is 0 Å². The first-order valence-electron chi connectivity index (χ1n) is 21.4. The second-order valence-corrected chi connectivity index (χ2v) is 16.1. The Labute approximate surface area is 366 Å². The van der Waals surface area contributed by atoms with Gasteiger partial charge in [0.05, 0.1) is 5.56 Å². The zero-order chi connectivity index (χ0) is 42.1. The van der Waals surface area contributed by atoms with Crippen LogP contribution in [0.15, 0.2) is 215 Å². The van der Waals surface area contributed by atoms with Gasteiger partial charge in [0.25, 0.3) is 0 Å². The number of oxazole rings is 1. The summed E-state index contributed by atoms with van der Waals surface area (Å²) in [5.41, 5.74) is 10.9. The van der Waals surface area contributed by atoms with Crippen LogP contribution in [0, 0.1) is 0 Å². The Bertz CT molecular complexity index is 3840. The van der Waals surface area contributed by atoms with E-state index < -0.39 is 0 Å². The van der Waals surface area contributed by atoms with Gasteiger partial charge in [0.2, 0.25) is 5.89 Å². The monoisotopic (exact) mass is 818 g/mol. The lowest BCUT2D eigenvalue weighted by molar-refractivity contribution is 0.621. The summed E-state index contributed by atoms with van der Waals surface area (Å²) in [6.45, 7) is 0. The van der Waals surface area contributed by atoms with Crippen LogP contribution in [0.1, 0.15) is 0 Å². The van der Waals surface area contributed by atoms with Crippen LogP contribution in [0.3, 0.4) is 0 Å². The topological polar surface area (TPSA) is 77.8 Å². The van der Waals surface area contributed by atoms with Gasteiger partial charge < -0.3 is 8.83 Å². The lowest BCUT2D eigenvalue weighted by atomic mass is 9.90. The van der Waals surface area contributed by atoms with Gasteiger partial charge >= 0.3 is 0 Å². The second kappa shape index (κ2) is 14.4. The van der Waals surface area contributed by atoms with E-state index in [9.17, 15) is 0 Å². The molecule has 0 N–H and O–H groups in total. The smallest absolute Gasteiger partial charge is 0.228 e. The number of hydrogen-bond acceptors (Lipinski definition) is 6. The van der Waals surface area contributed by atoms with Crippen molar-refractivity contribution in [3.8, 4) is 67.9 Å². The lowest BCUT2D eigenvalue weighted by Crippen LogP contribution is -2.00. The number of benzene rings is 10. The highest BCUT2D eigenvalue weighted by atomic mass is 16.4. The van der Waals surface area contributed by atoms with Crippen molar-refractivity contribution in [3.05, 3.63) is 206 Å². The molecule has 0 spiro atoms. The molecule has 3 aromatic heterocycles. The molecule has 298 valence electrons. The molecular weight excluding hydrogens is 785 g/mol. The standard InChI is InChI=1S/C58H34N4O2/c1-3-15-36(16-4-1)55-60-56(37-17-5-2-6-18-37)62-57(61-55)38-29-27-35(28-30-38)41-31-32-46(45-24-12-11-23-44(41)45)48-34-50-53(54-51(48)47-25-13-14-26-49(47)63-54)59-58(64-50)52-42-21-9-7-19-39(42)33-40-20-8-10-22-43(40)52/h1-34H. The minimum absolute atomic E-state index is 0.565. The van der Waals surface area contributed by atoms with E-state index in [0.29, 0.717) is 40.0 Å². The van der Waals surface area contributed by atoms with Crippen molar-refractivity contribution < 1.29 is 8.83 Å². The third kappa shape index (κ3) is 5.81. The predicted molar refractivity (Wildman–Crippen MR) is 260 cm³/mol. The maximum Gasteiger partial charge on any atom is 0.228 e. The third-order valence-corrected chi connectivity index (χ3v) is 12.4. The molecule has 0 bridgehead atoms. The minimum Gasteiger partial charge on any atom is -0.454 e. The highest BCUT2D eigenvalue weighted by Crippen LogP contribution is 2.46. The fraction of sp³-hybridized carbons (Fsp3) is 0. The average Bonchev–Trinajstić information content (AvgIpc) is 3.98. The molecule has 0 aliphatic heterocycles. The molecule has 3 heterocycles. The van der Waals surface area contributed by atoms with Crippen LogP contribution < -0.4 is 0 Å². The van der Waals surface area contributed by atoms with Crippen LogP contribution in [0.25, 0.3) is 133 Å². The van der Waals surface area contributed by atoms with Gasteiger partial charge in [-0.1, -0.05) is 188 Å². The number of nitrogens with zero attached hydrogens (tertiary/aromatic N) is 4. The molecule has 0 radical (unpaired) electrons. The van der Waals surface area contributed by atoms with Crippen molar-refractivity contribution in [3.63, 3.8) is 0 Å². The van der Waals surface area contributed by atoms with E-state index in [-0.39, 0.29) is 0 Å². The summed E-state index contributed by atoms with van der Waals surface area (Å²) >= 11 is 0. The van der Waals surface area contributed by atoms with Gasteiger partial charge in [-0.3, -0.25) is 0 Å². The van der Waals surface area contributed by atoms with Gasteiger partial charge in [-0.25, -0.2) is 19.9 Å². The van der Waals surface area contributed by atoms with E-state index in [1.54, 1.807) is 0 Å². The predicted octanol–water partition coefficient (Wildman–Crippen LogP) is 15.4. The molecule has 13 aromatic rings. The number of para-hydroxylation sites is 1. The van der Waals surface area contributed by atoms with E-state index in [4.69, 9.17) is 28.8 Å². The largest absolute Gasteiger partial charge is 0.454 e. The van der Waals surface area contributed by atoms with Crippen LogP contribution >= 0.6 is 0 Å². The molecule has 0 unspecified atom stereocenters. The Morgan fingerprint density at radius 3 is 1.42 bits per heavy atom. The van der Waals surface area contributed by atoms with Gasteiger partial charge in [0.1, 0.15) is 5.58 Å². The van der Waals surface area contributed by atoms with E-state index >= 15 is 0 Å². The molecule has 6 heteroatoms. The van der Waals surface area contributed by atoms with Crippen molar-refractivity contribution in [1.82, 2.24) is 19.9 Å². The van der Waals surface area contributed by atoms with Gasteiger partial charge in [-0.2, -0.15) is 0 Å². The summed E-state index contributed by atoms with van der Waals surface area (Å²) in [7, 11) is 0. The number of fused-ring (bicyclic) bond motifs is 8. The molecule has 0 aliphatic rings. The Kier molecular flexibility index (Phi) is 8.11. The minimum atomic E-state index is 0.565. The second-order valence-electron chi connectivity index (χ2n) is 16.1. The van der Waals surface area contributed by atoms with E-state index in [2.05, 4.69) is 133 Å². The molecule has 0 amide bonds. The molecule has 0 saturated carbocycles. The van der Waals surface area contributed by atoms with Gasteiger partial charge in [0.15, 0.2) is 34.2 Å². The number of furan rings is 1. The van der Waals surface area contributed by atoms with Crippen molar-refractivity contribution in [2.75, 3.05) is 0 Å². The van der Waals surface area contributed by atoms with Crippen LogP contribution in [-0.4, -0.2) is 19.9 Å². The molecular formula is C58H34N4O2. The molecule has 0 aliphatic carbocycles. The Balaban J connectivity index is 0.960. The maximum absolute atomic E-state index is 6.87. The zero-order valence-corrected chi connectivity index (χ0v) is 34.2. The Morgan fingerprint density at radius 2 is 0.797 bits per heavy atom. The number of rotatable bonds is 6. The van der Waals surface area contributed by atoms with Crippen LogP contribution in [0.5, 0.6) is 0 Å². The molecule has 13 rings (SSSR count). The Hall–Kier alpha value is -8.74. The molecule has 6 nitrogen and oxygen atoms in total. The lowest BCUT2D eigenvalue weighted by Gasteiger charge is -2.14. The van der Waals surface area contributed by atoms with Crippen LogP contribution in [0.2, 0.25) is 0 Å². The summed E-state index contributed by atoms with van der Waals surface area (Å²) in [5, 5.41) is 8.73. The zero-order valence-electron chi connectivity index (χ0n) is 34.2. The summed E-state index contributed by atoms with van der Waals surface area (Å²) in [6.07, 6.45) is 0. The normalized spacial score (nSPS) is 11.8. The molecule has 64 heavy (non-hydrogen) atoms. The highest BCUT2D eigenvalue weighted by molar-refractivity contribution is 6.22. The van der Waals surface area contributed by atoms with Crippen molar-refractivity contribution in [2.45, 2.75) is 0 Å². The first-order chi connectivity index (χ1) is 31.7. The summed E-state index contributed by atoms with van der Waals surface area (Å²) in [5.74, 6) is 2.46. The quantitative estimate of drug-likeness (QED) is 0.156. The fourth-order valence-electron chi connectivity index (χ4n) is 9.36.